The lowest BCUT2D eigenvalue weighted by atomic mass is 10.1. The third kappa shape index (κ3) is 4.31. The molecule has 2 aromatic carbocycles. The maximum atomic E-state index is 14.8. The Morgan fingerprint density at radius 3 is 2.63 bits per heavy atom. The molecule has 0 aliphatic carbocycles. The van der Waals surface area contributed by atoms with E-state index in [4.69, 9.17) is 0 Å². The monoisotopic (exact) mass is 412 g/mol. The zero-order chi connectivity index (χ0) is 21.1. The summed E-state index contributed by atoms with van der Waals surface area (Å²) in [5.41, 5.74) is 2.59. The van der Waals surface area contributed by atoms with Crippen LogP contribution in [-0.2, 0) is 4.79 Å². The largest absolute Gasteiger partial charge is 0.367 e. The molecular formula is C23H26F2N4O. The van der Waals surface area contributed by atoms with Gasteiger partial charge in [0.2, 0.25) is 0 Å². The van der Waals surface area contributed by atoms with Crippen LogP contribution in [0.1, 0.15) is 25.3 Å². The lowest BCUT2D eigenvalue weighted by Gasteiger charge is -2.36. The molecule has 0 atom stereocenters. The summed E-state index contributed by atoms with van der Waals surface area (Å²) >= 11 is 0. The van der Waals surface area contributed by atoms with Crippen molar-refractivity contribution < 1.29 is 13.6 Å². The number of nitrogens with one attached hydrogen (secondary N) is 2. The van der Waals surface area contributed by atoms with Gasteiger partial charge in [0.15, 0.2) is 0 Å². The lowest BCUT2D eigenvalue weighted by Crippen LogP contribution is -2.46. The maximum Gasteiger partial charge on any atom is 0.257 e. The van der Waals surface area contributed by atoms with E-state index < -0.39 is 5.82 Å². The van der Waals surface area contributed by atoms with Crippen LogP contribution in [-0.4, -0.2) is 43.5 Å². The molecule has 1 amide bonds. The van der Waals surface area contributed by atoms with Crippen LogP contribution < -0.4 is 15.5 Å². The summed E-state index contributed by atoms with van der Waals surface area (Å²) in [6, 6.07) is 9.16. The fourth-order valence-electron chi connectivity index (χ4n) is 3.91. The fraction of sp³-hybridized carbons (Fsp3) is 0.348. The molecule has 0 radical (unpaired) electrons. The van der Waals surface area contributed by atoms with Crippen molar-refractivity contribution in [1.29, 1.82) is 0 Å². The van der Waals surface area contributed by atoms with Crippen molar-refractivity contribution in [3.63, 3.8) is 0 Å². The minimum Gasteiger partial charge on any atom is -0.367 e. The molecule has 0 aromatic heterocycles. The molecule has 2 aromatic rings. The van der Waals surface area contributed by atoms with Crippen molar-refractivity contribution in [3.8, 4) is 0 Å². The standard InChI is InChI=1S/C23H26F2N4O/c1-2-3-8-28-9-11-29(12-10-28)22-7-5-17(14-20(22)25)26-15-19-18-6-4-16(24)13-21(18)27-23(19)30/h4-7,13-15,26H,2-3,8-12H2,1H3,(H,27,30). The van der Waals surface area contributed by atoms with E-state index in [-0.39, 0.29) is 11.7 Å². The Kier molecular flexibility index (Phi) is 5.99. The van der Waals surface area contributed by atoms with Gasteiger partial charge in [0, 0.05) is 43.6 Å². The van der Waals surface area contributed by atoms with Gasteiger partial charge in [-0.25, -0.2) is 8.78 Å². The number of halogens is 2. The summed E-state index contributed by atoms with van der Waals surface area (Å²) in [7, 11) is 0. The Bertz CT molecular complexity index is 968. The Hall–Kier alpha value is -2.93. The SMILES string of the molecule is CCCCN1CCN(c2ccc(NC=C3C(=O)Nc4cc(F)ccc43)cc2F)CC1. The summed E-state index contributed by atoms with van der Waals surface area (Å²) in [6.07, 6.45) is 3.91. The summed E-state index contributed by atoms with van der Waals surface area (Å²) in [4.78, 5) is 16.7. The van der Waals surface area contributed by atoms with Gasteiger partial charge in [-0.1, -0.05) is 13.3 Å². The minimum atomic E-state index is -0.410. The number of carbonyl (C=O) groups is 1. The molecule has 1 fully saturated rings. The number of fused-ring (bicyclic) bond motifs is 1. The van der Waals surface area contributed by atoms with E-state index in [9.17, 15) is 13.6 Å². The highest BCUT2D eigenvalue weighted by atomic mass is 19.1. The molecule has 4 rings (SSSR count). The van der Waals surface area contributed by atoms with Crippen LogP contribution in [0.3, 0.4) is 0 Å². The van der Waals surface area contributed by atoms with E-state index in [1.54, 1.807) is 18.2 Å². The average molecular weight is 412 g/mol. The van der Waals surface area contributed by atoms with Gasteiger partial charge in [-0.15, -0.1) is 0 Å². The van der Waals surface area contributed by atoms with Gasteiger partial charge in [-0.3, -0.25) is 9.69 Å². The quantitative estimate of drug-likeness (QED) is 0.695. The highest BCUT2D eigenvalue weighted by Gasteiger charge is 2.24. The van der Waals surface area contributed by atoms with Crippen LogP contribution in [0.15, 0.2) is 42.6 Å². The van der Waals surface area contributed by atoms with Gasteiger partial charge in [0.1, 0.15) is 11.6 Å². The van der Waals surface area contributed by atoms with Gasteiger partial charge >= 0.3 is 0 Å². The molecule has 7 heteroatoms. The van der Waals surface area contributed by atoms with Gasteiger partial charge in [0.25, 0.3) is 5.91 Å². The van der Waals surface area contributed by atoms with Crippen molar-refractivity contribution in [2.75, 3.05) is 48.3 Å². The number of piperazine rings is 1. The van der Waals surface area contributed by atoms with Crippen molar-refractivity contribution in [2.45, 2.75) is 19.8 Å². The summed E-state index contributed by atoms with van der Waals surface area (Å²) in [5.74, 6) is -1.02. The normalized spacial score (nSPS) is 17.9. The first-order valence-electron chi connectivity index (χ1n) is 10.4. The molecule has 2 N–H and O–H groups in total. The van der Waals surface area contributed by atoms with Crippen LogP contribution in [0.5, 0.6) is 0 Å². The number of nitrogens with zero attached hydrogens (tertiary/aromatic N) is 2. The van der Waals surface area contributed by atoms with Crippen molar-refractivity contribution in [1.82, 2.24) is 4.90 Å². The summed E-state index contributed by atoms with van der Waals surface area (Å²) in [5, 5.41) is 5.62. The van der Waals surface area contributed by atoms with Gasteiger partial charge < -0.3 is 15.5 Å². The Morgan fingerprint density at radius 1 is 1.10 bits per heavy atom. The molecule has 0 unspecified atom stereocenters. The van der Waals surface area contributed by atoms with Crippen LogP contribution in [0, 0.1) is 11.6 Å². The molecule has 5 nitrogen and oxygen atoms in total. The Labute approximate surface area is 175 Å². The maximum absolute atomic E-state index is 14.8. The second kappa shape index (κ2) is 8.83. The first kappa shape index (κ1) is 20.3. The summed E-state index contributed by atoms with van der Waals surface area (Å²) < 4.78 is 28.1. The number of rotatable bonds is 6. The van der Waals surface area contributed by atoms with Crippen molar-refractivity contribution >= 4 is 28.5 Å². The van der Waals surface area contributed by atoms with Gasteiger partial charge in [-0.2, -0.15) is 0 Å². The second-order valence-corrected chi connectivity index (χ2v) is 7.69. The van der Waals surface area contributed by atoms with E-state index >= 15 is 0 Å². The van der Waals surface area contributed by atoms with Crippen molar-refractivity contribution in [3.05, 3.63) is 59.8 Å². The molecule has 0 saturated carbocycles. The topological polar surface area (TPSA) is 47.6 Å². The molecule has 1 saturated heterocycles. The van der Waals surface area contributed by atoms with E-state index in [2.05, 4.69) is 27.4 Å². The predicted molar refractivity (Wildman–Crippen MR) is 117 cm³/mol. The number of anilines is 3. The zero-order valence-electron chi connectivity index (χ0n) is 17.0. The molecule has 0 bridgehead atoms. The molecule has 158 valence electrons. The van der Waals surface area contributed by atoms with Crippen LogP contribution in [0.25, 0.3) is 5.57 Å². The number of hydrogen-bond acceptors (Lipinski definition) is 4. The number of amides is 1. The molecule has 2 heterocycles. The second-order valence-electron chi connectivity index (χ2n) is 7.69. The van der Waals surface area contributed by atoms with Crippen molar-refractivity contribution in [2.24, 2.45) is 0 Å². The predicted octanol–water partition coefficient (Wildman–Crippen LogP) is 4.29. The molecule has 30 heavy (non-hydrogen) atoms. The molecule has 2 aliphatic heterocycles. The zero-order valence-corrected chi connectivity index (χ0v) is 17.0. The lowest BCUT2D eigenvalue weighted by molar-refractivity contribution is -0.110. The van der Waals surface area contributed by atoms with E-state index in [1.807, 2.05) is 0 Å². The number of hydrogen-bond donors (Lipinski definition) is 2. The van der Waals surface area contributed by atoms with Crippen LogP contribution in [0.4, 0.5) is 25.8 Å². The third-order valence-electron chi connectivity index (χ3n) is 5.64. The smallest absolute Gasteiger partial charge is 0.257 e. The minimum absolute atomic E-state index is 0.293. The van der Waals surface area contributed by atoms with E-state index in [1.165, 1.54) is 37.2 Å². The average Bonchev–Trinajstić information content (AvgIpc) is 3.05. The number of unbranched alkanes of at least 4 members (excludes halogenated alkanes) is 1. The first-order valence-corrected chi connectivity index (χ1v) is 10.4. The van der Waals surface area contributed by atoms with Gasteiger partial charge in [-0.05, 0) is 49.4 Å². The highest BCUT2D eigenvalue weighted by molar-refractivity contribution is 6.31. The van der Waals surface area contributed by atoms with Crippen LogP contribution in [0.2, 0.25) is 0 Å². The number of carbonyl (C=O) groups excluding carboxylic acids is 1. The van der Waals surface area contributed by atoms with E-state index in [0.29, 0.717) is 28.2 Å². The Balaban J connectivity index is 1.42. The molecular weight excluding hydrogens is 386 g/mol. The molecule has 0 spiro atoms. The van der Waals surface area contributed by atoms with Gasteiger partial charge in [0.05, 0.1) is 16.9 Å². The number of benzene rings is 2. The fourth-order valence-corrected chi connectivity index (χ4v) is 3.91. The summed E-state index contributed by atoms with van der Waals surface area (Å²) in [6.45, 7) is 6.81. The highest BCUT2D eigenvalue weighted by Crippen LogP contribution is 2.32. The third-order valence-corrected chi connectivity index (χ3v) is 5.64. The van der Waals surface area contributed by atoms with E-state index in [0.717, 1.165) is 32.7 Å². The first-order chi connectivity index (χ1) is 14.5. The molecule has 2 aliphatic rings. The van der Waals surface area contributed by atoms with Crippen LogP contribution >= 0.6 is 0 Å². The Morgan fingerprint density at radius 2 is 1.90 bits per heavy atom.